The highest BCUT2D eigenvalue weighted by Gasteiger charge is 2.26. The molecule has 2 rings (SSSR count). The fourth-order valence-corrected chi connectivity index (χ4v) is 3.11. The minimum Gasteiger partial charge on any atom is -0.353 e. The lowest BCUT2D eigenvalue weighted by atomic mass is 9.95. The molecule has 0 unspecified atom stereocenters. The second-order valence-corrected chi connectivity index (χ2v) is 6.71. The van der Waals surface area contributed by atoms with Crippen molar-refractivity contribution in [2.75, 3.05) is 13.1 Å². The molecule has 5 nitrogen and oxygen atoms in total. The van der Waals surface area contributed by atoms with Gasteiger partial charge >= 0.3 is 6.03 Å². The number of carbonyl (C=O) groups excluding carboxylic acids is 2. The minimum absolute atomic E-state index is 0.0256. The molecule has 0 atom stereocenters. The van der Waals surface area contributed by atoms with Crippen molar-refractivity contribution in [1.82, 2.24) is 15.5 Å². The van der Waals surface area contributed by atoms with Crippen molar-refractivity contribution in [2.45, 2.75) is 70.9 Å². The maximum atomic E-state index is 12.2. The molecule has 2 aliphatic rings. The Morgan fingerprint density at radius 2 is 1.48 bits per heavy atom. The summed E-state index contributed by atoms with van der Waals surface area (Å²) >= 11 is 0. The standard InChI is InChI=1S/C16H29N3O2/c1-12(2)15(20)17-14-8-10-19(11-9-14)16(21)18-13-6-4-3-5-7-13/h12-14H,3-11H2,1-2H3,(H,17,20)(H,18,21). The molecule has 0 aromatic heterocycles. The average molecular weight is 295 g/mol. The first kappa shape index (κ1) is 16.1. The summed E-state index contributed by atoms with van der Waals surface area (Å²) in [4.78, 5) is 25.8. The van der Waals surface area contributed by atoms with E-state index in [-0.39, 0.29) is 23.9 Å². The molecule has 0 spiro atoms. The SMILES string of the molecule is CC(C)C(=O)NC1CCN(C(=O)NC2CCCCC2)CC1. The highest BCUT2D eigenvalue weighted by molar-refractivity contribution is 5.78. The summed E-state index contributed by atoms with van der Waals surface area (Å²) in [6, 6.07) is 0.666. The smallest absolute Gasteiger partial charge is 0.317 e. The Kier molecular flexibility index (Phi) is 5.88. The summed E-state index contributed by atoms with van der Waals surface area (Å²) in [5, 5.41) is 6.22. The van der Waals surface area contributed by atoms with Crippen LogP contribution in [0.1, 0.15) is 58.8 Å². The summed E-state index contributed by atoms with van der Waals surface area (Å²) in [5.41, 5.74) is 0. The van der Waals surface area contributed by atoms with Gasteiger partial charge in [0, 0.05) is 31.1 Å². The molecule has 0 aromatic carbocycles. The van der Waals surface area contributed by atoms with Crippen molar-refractivity contribution >= 4 is 11.9 Å². The van der Waals surface area contributed by atoms with Gasteiger partial charge in [0.15, 0.2) is 0 Å². The molecule has 0 aromatic rings. The third kappa shape index (κ3) is 4.90. The van der Waals surface area contributed by atoms with Crippen LogP contribution in [-0.4, -0.2) is 42.0 Å². The van der Waals surface area contributed by atoms with Crippen molar-refractivity contribution in [3.05, 3.63) is 0 Å². The molecule has 5 heteroatoms. The monoisotopic (exact) mass is 295 g/mol. The molecule has 21 heavy (non-hydrogen) atoms. The number of rotatable bonds is 3. The number of hydrogen-bond acceptors (Lipinski definition) is 2. The summed E-state index contributed by atoms with van der Waals surface area (Å²) < 4.78 is 0. The number of hydrogen-bond donors (Lipinski definition) is 2. The Bertz CT molecular complexity index is 357. The van der Waals surface area contributed by atoms with Gasteiger partial charge in [0.2, 0.25) is 5.91 Å². The van der Waals surface area contributed by atoms with Gasteiger partial charge < -0.3 is 15.5 Å². The van der Waals surface area contributed by atoms with Crippen LogP contribution >= 0.6 is 0 Å². The van der Waals surface area contributed by atoms with Gasteiger partial charge in [-0.1, -0.05) is 33.1 Å². The van der Waals surface area contributed by atoms with Crippen LogP contribution in [0.15, 0.2) is 0 Å². The van der Waals surface area contributed by atoms with E-state index in [0.29, 0.717) is 6.04 Å². The van der Waals surface area contributed by atoms with Crippen LogP contribution in [0, 0.1) is 5.92 Å². The lowest BCUT2D eigenvalue weighted by Crippen LogP contribution is -2.51. The Morgan fingerprint density at radius 1 is 0.905 bits per heavy atom. The minimum atomic E-state index is 0.0256. The highest BCUT2D eigenvalue weighted by Crippen LogP contribution is 2.18. The third-order valence-electron chi connectivity index (χ3n) is 4.59. The highest BCUT2D eigenvalue weighted by atomic mass is 16.2. The fourth-order valence-electron chi connectivity index (χ4n) is 3.11. The Hall–Kier alpha value is -1.26. The normalized spacial score (nSPS) is 21.4. The van der Waals surface area contributed by atoms with Gasteiger partial charge in [-0.25, -0.2) is 4.79 Å². The third-order valence-corrected chi connectivity index (χ3v) is 4.59. The number of nitrogens with one attached hydrogen (secondary N) is 2. The lowest BCUT2D eigenvalue weighted by Gasteiger charge is -2.34. The first-order valence-corrected chi connectivity index (χ1v) is 8.42. The molecule has 1 aliphatic heterocycles. The molecular weight excluding hydrogens is 266 g/mol. The molecule has 2 N–H and O–H groups in total. The molecule has 1 saturated carbocycles. The van der Waals surface area contributed by atoms with Gasteiger partial charge in [-0.15, -0.1) is 0 Å². The maximum Gasteiger partial charge on any atom is 0.317 e. The number of amides is 3. The van der Waals surface area contributed by atoms with Crippen LogP contribution in [-0.2, 0) is 4.79 Å². The fraction of sp³-hybridized carbons (Fsp3) is 0.875. The van der Waals surface area contributed by atoms with Crippen molar-refractivity contribution in [2.24, 2.45) is 5.92 Å². The predicted octanol–water partition coefficient (Wildman–Crippen LogP) is 2.27. The molecule has 1 saturated heterocycles. The molecule has 0 bridgehead atoms. The van der Waals surface area contributed by atoms with E-state index in [9.17, 15) is 9.59 Å². The molecule has 0 radical (unpaired) electrons. The Morgan fingerprint density at radius 3 is 2.05 bits per heavy atom. The Balaban J connectivity index is 1.70. The molecular formula is C16H29N3O2. The predicted molar refractivity (Wildman–Crippen MR) is 83.0 cm³/mol. The second-order valence-electron chi connectivity index (χ2n) is 6.71. The lowest BCUT2D eigenvalue weighted by molar-refractivity contribution is -0.124. The zero-order chi connectivity index (χ0) is 15.2. The van der Waals surface area contributed by atoms with E-state index in [4.69, 9.17) is 0 Å². The van der Waals surface area contributed by atoms with Crippen LogP contribution in [0.4, 0.5) is 4.79 Å². The molecule has 1 aliphatic carbocycles. The summed E-state index contributed by atoms with van der Waals surface area (Å²) in [5.74, 6) is 0.137. The zero-order valence-corrected chi connectivity index (χ0v) is 13.4. The summed E-state index contributed by atoms with van der Waals surface area (Å²) in [6.45, 7) is 5.29. The average Bonchev–Trinajstić information content (AvgIpc) is 2.48. The van der Waals surface area contributed by atoms with Crippen LogP contribution in [0.2, 0.25) is 0 Å². The van der Waals surface area contributed by atoms with Crippen LogP contribution in [0.5, 0.6) is 0 Å². The van der Waals surface area contributed by atoms with E-state index in [2.05, 4.69) is 10.6 Å². The van der Waals surface area contributed by atoms with E-state index < -0.39 is 0 Å². The van der Waals surface area contributed by atoms with Gasteiger partial charge in [0.1, 0.15) is 0 Å². The first-order chi connectivity index (χ1) is 10.1. The van der Waals surface area contributed by atoms with Gasteiger partial charge in [-0.2, -0.15) is 0 Å². The van der Waals surface area contributed by atoms with Crippen molar-refractivity contribution in [1.29, 1.82) is 0 Å². The van der Waals surface area contributed by atoms with Crippen molar-refractivity contribution in [3.63, 3.8) is 0 Å². The van der Waals surface area contributed by atoms with Gasteiger partial charge in [-0.05, 0) is 25.7 Å². The number of likely N-dealkylation sites (tertiary alicyclic amines) is 1. The maximum absolute atomic E-state index is 12.2. The number of nitrogens with zero attached hydrogens (tertiary/aromatic N) is 1. The molecule has 1 heterocycles. The topological polar surface area (TPSA) is 61.4 Å². The molecule has 120 valence electrons. The van der Waals surface area contributed by atoms with E-state index in [1.807, 2.05) is 18.7 Å². The summed E-state index contributed by atoms with van der Waals surface area (Å²) in [6.07, 6.45) is 7.71. The van der Waals surface area contributed by atoms with Crippen LogP contribution in [0.3, 0.4) is 0 Å². The van der Waals surface area contributed by atoms with Gasteiger partial charge in [0.25, 0.3) is 0 Å². The first-order valence-electron chi connectivity index (χ1n) is 8.42. The van der Waals surface area contributed by atoms with Gasteiger partial charge in [0.05, 0.1) is 0 Å². The van der Waals surface area contributed by atoms with Crippen molar-refractivity contribution < 1.29 is 9.59 Å². The van der Waals surface area contributed by atoms with Crippen LogP contribution < -0.4 is 10.6 Å². The van der Waals surface area contributed by atoms with E-state index in [0.717, 1.165) is 38.8 Å². The van der Waals surface area contributed by atoms with Crippen molar-refractivity contribution in [3.8, 4) is 0 Å². The van der Waals surface area contributed by atoms with E-state index in [1.54, 1.807) is 0 Å². The molecule has 2 fully saturated rings. The van der Waals surface area contributed by atoms with E-state index >= 15 is 0 Å². The van der Waals surface area contributed by atoms with Gasteiger partial charge in [-0.3, -0.25) is 4.79 Å². The summed E-state index contributed by atoms with van der Waals surface area (Å²) in [7, 11) is 0. The molecule has 3 amide bonds. The zero-order valence-electron chi connectivity index (χ0n) is 13.4. The number of piperidine rings is 1. The Labute approximate surface area is 127 Å². The quantitative estimate of drug-likeness (QED) is 0.839. The van der Waals surface area contributed by atoms with Crippen LogP contribution in [0.25, 0.3) is 0 Å². The second kappa shape index (κ2) is 7.66. The number of urea groups is 1. The largest absolute Gasteiger partial charge is 0.353 e. The van der Waals surface area contributed by atoms with E-state index in [1.165, 1.54) is 19.3 Å². The number of carbonyl (C=O) groups is 2.